The van der Waals surface area contributed by atoms with Crippen molar-refractivity contribution in [2.45, 2.75) is 19.3 Å². The first-order valence-corrected chi connectivity index (χ1v) is 5.95. The van der Waals surface area contributed by atoms with E-state index in [1.54, 1.807) is 0 Å². The highest BCUT2D eigenvalue weighted by Gasteiger charge is 2.10. The van der Waals surface area contributed by atoms with Crippen molar-refractivity contribution in [1.82, 2.24) is 4.98 Å². The molecule has 1 aromatic heterocycles. The van der Waals surface area contributed by atoms with E-state index >= 15 is 0 Å². The van der Waals surface area contributed by atoms with Gasteiger partial charge in [0.25, 0.3) is 0 Å². The summed E-state index contributed by atoms with van der Waals surface area (Å²) in [4.78, 5) is 4.04. The Morgan fingerprint density at radius 1 is 1.18 bits per heavy atom. The second-order valence-corrected chi connectivity index (χ2v) is 4.41. The summed E-state index contributed by atoms with van der Waals surface area (Å²) in [5.41, 5.74) is 9.78. The smallest absolute Gasteiger partial charge is 0.0270 e. The largest absolute Gasteiger partial charge is 0.330 e. The van der Waals surface area contributed by atoms with Gasteiger partial charge < -0.3 is 5.73 Å². The maximum atomic E-state index is 5.87. The minimum atomic E-state index is 0.375. The van der Waals surface area contributed by atoms with Gasteiger partial charge in [0.2, 0.25) is 0 Å². The summed E-state index contributed by atoms with van der Waals surface area (Å²) in [5, 5.41) is 0. The van der Waals surface area contributed by atoms with Crippen LogP contribution in [0.3, 0.4) is 0 Å². The standard InChI is InChI=1S/C15H18N2/c1-12-3-2-4-13(9-12)10-15(11-16)14-5-7-17-8-6-14/h2-9,15H,10-11,16H2,1H3. The third kappa shape index (κ3) is 3.14. The molecule has 0 saturated heterocycles. The highest BCUT2D eigenvalue weighted by molar-refractivity contribution is 5.26. The number of pyridine rings is 1. The summed E-state index contributed by atoms with van der Waals surface area (Å²) in [6.07, 6.45) is 4.64. The van der Waals surface area contributed by atoms with Crippen LogP contribution in [0.2, 0.25) is 0 Å². The van der Waals surface area contributed by atoms with E-state index in [2.05, 4.69) is 36.2 Å². The molecule has 0 aliphatic rings. The van der Waals surface area contributed by atoms with Crippen molar-refractivity contribution in [2.75, 3.05) is 6.54 Å². The number of nitrogens with two attached hydrogens (primary N) is 1. The van der Waals surface area contributed by atoms with Crippen LogP contribution in [0.1, 0.15) is 22.6 Å². The number of aromatic nitrogens is 1. The molecule has 88 valence electrons. The molecule has 0 aliphatic carbocycles. The lowest BCUT2D eigenvalue weighted by molar-refractivity contribution is 0.693. The molecule has 1 atom stereocenters. The zero-order valence-corrected chi connectivity index (χ0v) is 10.1. The monoisotopic (exact) mass is 226 g/mol. The highest BCUT2D eigenvalue weighted by atomic mass is 14.6. The van der Waals surface area contributed by atoms with E-state index in [1.165, 1.54) is 16.7 Å². The van der Waals surface area contributed by atoms with Gasteiger partial charge in [-0.05, 0) is 43.1 Å². The molecule has 0 spiro atoms. The zero-order chi connectivity index (χ0) is 12.1. The predicted octanol–water partition coefficient (Wildman–Crippen LogP) is 2.68. The lowest BCUT2D eigenvalue weighted by Gasteiger charge is -2.15. The van der Waals surface area contributed by atoms with Gasteiger partial charge in [0.1, 0.15) is 0 Å². The van der Waals surface area contributed by atoms with E-state index in [0.717, 1.165) is 6.42 Å². The van der Waals surface area contributed by atoms with E-state index in [-0.39, 0.29) is 0 Å². The van der Waals surface area contributed by atoms with Crippen LogP contribution < -0.4 is 5.73 Å². The lowest BCUT2D eigenvalue weighted by Crippen LogP contribution is -2.15. The molecule has 0 amide bonds. The fourth-order valence-electron chi connectivity index (χ4n) is 2.10. The third-order valence-electron chi connectivity index (χ3n) is 3.03. The van der Waals surface area contributed by atoms with Gasteiger partial charge in [0.05, 0.1) is 0 Å². The van der Waals surface area contributed by atoms with Crippen LogP contribution in [0.15, 0.2) is 48.8 Å². The Morgan fingerprint density at radius 2 is 1.94 bits per heavy atom. The predicted molar refractivity (Wildman–Crippen MR) is 70.9 cm³/mol. The molecule has 17 heavy (non-hydrogen) atoms. The Bertz CT molecular complexity index is 465. The van der Waals surface area contributed by atoms with Crippen LogP contribution in [0.4, 0.5) is 0 Å². The van der Waals surface area contributed by atoms with Gasteiger partial charge in [-0.15, -0.1) is 0 Å². The van der Waals surface area contributed by atoms with E-state index in [9.17, 15) is 0 Å². The molecule has 0 bridgehead atoms. The van der Waals surface area contributed by atoms with Crippen molar-refractivity contribution in [2.24, 2.45) is 5.73 Å². The first kappa shape index (κ1) is 11.8. The van der Waals surface area contributed by atoms with Gasteiger partial charge in [0, 0.05) is 18.3 Å². The fraction of sp³-hybridized carbons (Fsp3) is 0.267. The summed E-state index contributed by atoms with van der Waals surface area (Å²) in [6.45, 7) is 2.78. The fourth-order valence-corrected chi connectivity index (χ4v) is 2.10. The number of nitrogens with zero attached hydrogens (tertiary/aromatic N) is 1. The quantitative estimate of drug-likeness (QED) is 0.870. The van der Waals surface area contributed by atoms with Crippen molar-refractivity contribution in [3.8, 4) is 0 Å². The van der Waals surface area contributed by atoms with Crippen molar-refractivity contribution in [3.05, 3.63) is 65.5 Å². The molecule has 0 aliphatic heterocycles. The molecule has 0 saturated carbocycles. The third-order valence-corrected chi connectivity index (χ3v) is 3.03. The molecule has 0 radical (unpaired) electrons. The summed E-state index contributed by atoms with van der Waals surface area (Å²) >= 11 is 0. The Labute approximate surface area is 103 Å². The molecule has 2 heteroatoms. The molecule has 1 aromatic carbocycles. The van der Waals surface area contributed by atoms with Crippen molar-refractivity contribution in [1.29, 1.82) is 0 Å². The van der Waals surface area contributed by atoms with Crippen LogP contribution in [-0.2, 0) is 6.42 Å². The average Bonchev–Trinajstić information content (AvgIpc) is 2.37. The second-order valence-electron chi connectivity index (χ2n) is 4.41. The van der Waals surface area contributed by atoms with E-state index < -0.39 is 0 Å². The second kappa shape index (κ2) is 5.60. The zero-order valence-electron chi connectivity index (χ0n) is 10.1. The molecule has 2 aromatic rings. The normalized spacial score (nSPS) is 12.4. The van der Waals surface area contributed by atoms with Crippen molar-refractivity contribution >= 4 is 0 Å². The van der Waals surface area contributed by atoms with Gasteiger partial charge in [-0.1, -0.05) is 29.8 Å². The molecule has 2 rings (SSSR count). The van der Waals surface area contributed by atoms with E-state index in [0.29, 0.717) is 12.5 Å². The first-order valence-electron chi connectivity index (χ1n) is 5.95. The SMILES string of the molecule is Cc1cccc(CC(CN)c2ccncc2)c1. The molecule has 0 fully saturated rings. The number of rotatable bonds is 4. The van der Waals surface area contributed by atoms with Crippen molar-refractivity contribution < 1.29 is 0 Å². The summed E-state index contributed by atoms with van der Waals surface area (Å²) in [6, 6.07) is 12.7. The van der Waals surface area contributed by atoms with Crippen molar-refractivity contribution in [3.63, 3.8) is 0 Å². The van der Waals surface area contributed by atoms with E-state index in [4.69, 9.17) is 5.73 Å². The molecule has 1 heterocycles. The van der Waals surface area contributed by atoms with Gasteiger partial charge in [0.15, 0.2) is 0 Å². The van der Waals surface area contributed by atoms with Gasteiger partial charge >= 0.3 is 0 Å². The summed E-state index contributed by atoms with van der Waals surface area (Å²) in [5.74, 6) is 0.375. The summed E-state index contributed by atoms with van der Waals surface area (Å²) < 4.78 is 0. The first-order chi connectivity index (χ1) is 8.29. The van der Waals surface area contributed by atoms with Crippen LogP contribution in [0.5, 0.6) is 0 Å². The maximum Gasteiger partial charge on any atom is 0.0270 e. The number of hydrogen-bond acceptors (Lipinski definition) is 2. The number of hydrogen-bond donors (Lipinski definition) is 1. The lowest BCUT2D eigenvalue weighted by atomic mass is 9.92. The molecular weight excluding hydrogens is 208 g/mol. The maximum absolute atomic E-state index is 5.87. The number of benzene rings is 1. The Hall–Kier alpha value is -1.67. The van der Waals surface area contributed by atoms with Gasteiger partial charge in [-0.2, -0.15) is 0 Å². The Kier molecular flexibility index (Phi) is 3.89. The average molecular weight is 226 g/mol. The Balaban J connectivity index is 2.16. The van der Waals surface area contributed by atoms with Crippen LogP contribution in [0.25, 0.3) is 0 Å². The van der Waals surface area contributed by atoms with Crippen LogP contribution in [0, 0.1) is 6.92 Å². The van der Waals surface area contributed by atoms with E-state index in [1.807, 2.05) is 24.5 Å². The number of aryl methyl sites for hydroxylation is 1. The van der Waals surface area contributed by atoms with Crippen LogP contribution >= 0.6 is 0 Å². The van der Waals surface area contributed by atoms with Gasteiger partial charge in [-0.25, -0.2) is 0 Å². The molecule has 2 N–H and O–H groups in total. The Morgan fingerprint density at radius 3 is 2.59 bits per heavy atom. The minimum absolute atomic E-state index is 0.375. The molecule has 2 nitrogen and oxygen atoms in total. The molecule has 1 unspecified atom stereocenters. The van der Waals surface area contributed by atoms with Gasteiger partial charge in [-0.3, -0.25) is 4.98 Å². The molecular formula is C15H18N2. The topological polar surface area (TPSA) is 38.9 Å². The summed E-state index contributed by atoms with van der Waals surface area (Å²) in [7, 11) is 0. The highest BCUT2D eigenvalue weighted by Crippen LogP contribution is 2.19. The van der Waals surface area contributed by atoms with Crippen LogP contribution in [-0.4, -0.2) is 11.5 Å². The minimum Gasteiger partial charge on any atom is -0.330 e.